The van der Waals surface area contributed by atoms with E-state index in [9.17, 15) is 4.79 Å². The molecule has 1 rings (SSSR count). The van der Waals surface area contributed by atoms with Crippen molar-refractivity contribution in [1.29, 1.82) is 0 Å². The molecule has 0 aliphatic carbocycles. The average molecular weight is 184 g/mol. The van der Waals surface area contributed by atoms with Crippen LogP contribution in [-0.4, -0.2) is 37.0 Å². The smallest absolute Gasteiger partial charge is 0.237 e. The van der Waals surface area contributed by atoms with Gasteiger partial charge in [0.05, 0.1) is 6.04 Å². The van der Waals surface area contributed by atoms with E-state index in [4.69, 9.17) is 0 Å². The number of carbonyl (C=O) groups is 1. The third-order valence-electron chi connectivity index (χ3n) is 2.61. The van der Waals surface area contributed by atoms with Gasteiger partial charge < -0.3 is 5.32 Å². The average Bonchev–Trinajstić information content (AvgIpc) is 2.41. The summed E-state index contributed by atoms with van der Waals surface area (Å²) < 4.78 is 0. The van der Waals surface area contributed by atoms with Gasteiger partial charge in [-0.05, 0) is 25.8 Å². The molecule has 0 aromatic heterocycles. The Morgan fingerprint density at radius 1 is 1.62 bits per heavy atom. The van der Waals surface area contributed by atoms with Crippen molar-refractivity contribution < 1.29 is 4.79 Å². The van der Waals surface area contributed by atoms with Crippen LogP contribution in [0.25, 0.3) is 0 Å². The van der Waals surface area contributed by atoms with Crippen molar-refractivity contribution >= 4 is 5.91 Å². The highest BCUT2D eigenvalue weighted by atomic mass is 16.2. The highest BCUT2D eigenvalue weighted by molar-refractivity contribution is 5.82. The SMILES string of the molecule is CCCNC(=O)C1CC(C)CN1C. The van der Waals surface area contributed by atoms with Crippen LogP contribution in [0.3, 0.4) is 0 Å². The molecule has 0 spiro atoms. The van der Waals surface area contributed by atoms with E-state index in [1.54, 1.807) is 0 Å². The Labute approximate surface area is 80.5 Å². The monoisotopic (exact) mass is 184 g/mol. The summed E-state index contributed by atoms with van der Waals surface area (Å²) in [5.74, 6) is 0.857. The first kappa shape index (κ1) is 10.5. The van der Waals surface area contributed by atoms with Gasteiger partial charge in [-0.3, -0.25) is 9.69 Å². The van der Waals surface area contributed by atoms with Gasteiger partial charge in [0.2, 0.25) is 5.91 Å². The molecule has 1 fully saturated rings. The normalized spacial score (nSPS) is 29.2. The lowest BCUT2D eigenvalue weighted by Crippen LogP contribution is -2.41. The van der Waals surface area contributed by atoms with Crippen molar-refractivity contribution in [1.82, 2.24) is 10.2 Å². The predicted molar refractivity (Wildman–Crippen MR) is 53.5 cm³/mol. The Balaban J connectivity index is 2.38. The minimum absolute atomic E-state index is 0.113. The van der Waals surface area contributed by atoms with Crippen LogP contribution in [-0.2, 0) is 4.79 Å². The summed E-state index contributed by atoms with van der Waals surface area (Å²) in [5.41, 5.74) is 0. The van der Waals surface area contributed by atoms with E-state index < -0.39 is 0 Å². The van der Waals surface area contributed by atoms with Gasteiger partial charge in [-0.25, -0.2) is 0 Å². The zero-order valence-electron chi connectivity index (χ0n) is 8.84. The van der Waals surface area contributed by atoms with Gasteiger partial charge in [-0.2, -0.15) is 0 Å². The van der Waals surface area contributed by atoms with E-state index in [0.29, 0.717) is 5.92 Å². The fourth-order valence-corrected chi connectivity index (χ4v) is 1.93. The zero-order chi connectivity index (χ0) is 9.84. The summed E-state index contributed by atoms with van der Waals surface area (Å²) in [7, 11) is 2.03. The van der Waals surface area contributed by atoms with Crippen LogP contribution in [0.15, 0.2) is 0 Å². The van der Waals surface area contributed by atoms with Crippen molar-refractivity contribution in [2.75, 3.05) is 20.1 Å². The molecule has 0 aromatic carbocycles. The molecule has 1 aliphatic heterocycles. The molecule has 1 heterocycles. The van der Waals surface area contributed by atoms with Gasteiger partial charge in [0.1, 0.15) is 0 Å². The van der Waals surface area contributed by atoms with Gasteiger partial charge in [-0.1, -0.05) is 13.8 Å². The van der Waals surface area contributed by atoms with Crippen LogP contribution in [0.4, 0.5) is 0 Å². The number of hydrogen-bond donors (Lipinski definition) is 1. The number of nitrogens with one attached hydrogen (secondary N) is 1. The van der Waals surface area contributed by atoms with Crippen LogP contribution in [0.1, 0.15) is 26.7 Å². The largest absolute Gasteiger partial charge is 0.355 e. The lowest BCUT2D eigenvalue weighted by atomic mass is 10.1. The zero-order valence-corrected chi connectivity index (χ0v) is 8.84. The maximum absolute atomic E-state index is 11.6. The van der Waals surface area contributed by atoms with Crippen LogP contribution in [0.2, 0.25) is 0 Å². The Kier molecular flexibility index (Phi) is 3.72. The molecular weight excluding hydrogens is 164 g/mol. The topological polar surface area (TPSA) is 32.3 Å². The van der Waals surface area contributed by atoms with Crippen molar-refractivity contribution in [2.45, 2.75) is 32.7 Å². The fourth-order valence-electron chi connectivity index (χ4n) is 1.93. The number of nitrogens with zero attached hydrogens (tertiary/aromatic N) is 1. The second-order valence-corrected chi connectivity index (χ2v) is 4.09. The Hall–Kier alpha value is -0.570. The number of carbonyl (C=O) groups excluding carboxylic acids is 1. The summed E-state index contributed by atoms with van der Waals surface area (Å²) >= 11 is 0. The van der Waals surface area contributed by atoms with Crippen molar-refractivity contribution in [3.8, 4) is 0 Å². The molecule has 1 saturated heterocycles. The molecule has 0 aromatic rings. The van der Waals surface area contributed by atoms with E-state index >= 15 is 0 Å². The molecule has 1 amide bonds. The van der Waals surface area contributed by atoms with E-state index in [0.717, 1.165) is 25.9 Å². The first-order valence-electron chi connectivity index (χ1n) is 5.13. The molecule has 3 heteroatoms. The Morgan fingerprint density at radius 3 is 2.77 bits per heavy atom. The number of rotatable bonds is 3. The van der Waals surface area contributed by atoms with Gasteiger partial charge in [0.25, 0.3) is 0 Å². The van der Waals surface area contributed by atoms with Crippen molar-refractivity contribution in [3.05, 3.63) is 0 Å². The molecule has 1 N–H and O–H groups in total. The minimum atomic E-state index is 0.113. The predicted octanol–water partition coefficient (Wildman–Crippen LogP) is 0.853. The first-order valence-corrected chi connectivity index (χ1v) is 5.13. The molecule has 2 unspecified atom stereocenters. The maximum Gasteiger partial charge on any atom is 0.237 e. The highest BCUT2D eigenvalue weighted by Crippen LogP contribution is 2.20. The number of hydrogen-bond acceptors (Lipinski definition) is 2. The number of likely N-dealkylation sites (tertiary alicyclic amines) is 1. The molecule has 0 radical (unpaired) electrons. The van der Waals surface area contributed by atoms with E-state index in [1.807, 2.05) is 7.05 Å². The van der Waals surface area contributed by atoms with Gasteiger partial charge >= 0.3 is 0 Å². The van der Waals surface area contributed by atoms with Crippen LogP contribution >= 0.6 is 0 Å². The summed E-state index contributed by atoms with van der Waals surface area (Å²) in [6.07, 6.45) is 2.02. The summed E-state index contributed by atoms with van der Waals surface area (Å²) in [4.78, 5) is 13.8. The molecule has 3 nitrogen and oxygen atoms in total. The lowest BCUT2D eigenvalue weighted by molar-refractivity contribution is -0.125. The summed E-state index contributed by atoms with van der Waals surface area (Å²) in [6.45, 7) is 6.12. The van der Waals surface area contributed by atoms with E-state index in [-0.39, 0.29) is 11.9 Å². The molecular formula is C10H20N2O. The Morgan fingerprint density at radius 2 is 2.31 bits per heavy atom. The van der Waals surface area contributed by atoms with Crippen molar-refractivity contribution in [2.24, 2.45) is 5.92 Å². The molecule has 0 saturated carbocycles. The maximum atomic E-state index is 11.6. The van der Waals surface area contributed by atoms with Crippen LogP contribution in [0, 0.1) is 5.92 Å². The third kappa shape index (κ3) is 2.69. The standard InChI is InChI=1S/C10H20N2O/c1-4-5-11-10(13)9-6-8(2)7-12(9)3/h8-9H,4-7H2,1-3H3,(H,11,13). The molecule has 0 bridgehead atoms. The second-order valence-electron chi connectivity index (χ2n) is 4.09. The summed E-state index contributed by atoms with van der Waals surface area (Å²) in [6, 6.07) is 0.113. The lowest BCUT2D eigenvalue weighted by Gasteiger charge is -2.18. The number of likely N-dealkylation sites (N-methyl/N-ethyl adjacent to an activating group) is 1. The van der Waals surface area contributed by atoms with Crippen molar-refractivity contribution in [3.63, 3.8) is 0 Å². The quantitative estimate of drug-likeness (QED) is 0.705. The fraction of sp³-hybridized carbons (Fsp3) is 0.900. The highest BCUT2D eigenvalue weighted by Gasteiger charge is 2.31. The molecule has 13 heavy (non-hydrogen) atoms. The minimum Gasteiger partial charge on any atom is -0.355 e. The van der Waals surface area contributed by atoms with Gasteiger partial charge in [-0.15, -0.1) is 0 Å². The number of amides is 1. The van der Waals surface area contributed by atoms with Gasteiger partial charge in [0.15, 0.2) is 0 Å². The van der Waals surface area contributed by atoms with Crippen LogP contribution < -0.4 is 5.32 Å². The molecule has 1 aliphatic rings. The van der Waals surface area contributed by atoms with Crippen LogP contribution in [0.5, 0.6) is 0 Å². The van der Waals surface area contributed by atoms with E-state index in [1.165, 1.54) is 0 Å². The molecule has 76 valence electrons. The molecule has 2 atom stereocenters. The Bertz CT molecular complexity index is 182. The second kappa shape index (κ2) is 4.61. The first-order chi connectivity index (χ1) is 6.15. The van der Waals surface area contributed by atoms with Gasteiger partial charge in [0, 0.05) is 13.1 Å². The van der Waals surface area contributed by atoms with E-state index in [2.05, 4.69) is 24.1 Å². The summed E-state index contributed by atoms with van der Waals surface area (Å²) in [5, 5.41) is 2.94. The third-order valence-corrected chi connectivity index (χ3v) is 2.61.